The van der Waals surface area contributed by atoms with Gasteiger partial charge >= 0.3 is 0 Å². The van der Waals surface area contributed by atoms with E-state index in [-0.39, 0.29) is 11.9 Å². The van der Waals surface area contributed by atoms with Crippen molar-refractivity contribution in [2.75, 3.05) is 0 Å². The molecule has 1 aromatic carbocycles. The van der Waals surface area contributed by atoms with E-state index >= 15 is 0 Å². The Morgan fingerprint density at radius 3 is 2.94 bits per heavy atom. The Labute approximate surface area is 99.2 Å². The molecular weight excluding hydrogens is 224 g/mol. The van der Waals surface area contributed by atoms with Crippen LogP contribution in [-0.4, -0.2) is 16.8 Å². The van der Waals surface area contributed by atoms with Gasteiger partial charge < -0.3 is 4.90 Å². The smallest absolute Gasteiger partial charge is 0.224 e. The second kappa shape index (κ2) is 4.54. The van der Waals surface area contributed by atoms with Gasteiger partial charge in [-0.3, -0.25) is 4.79 Å². The number of nitriles is 1. The predicted molar refractivity (Wildman–Crippen MR) is 60.6 cm³/mol. The molecule has 1 unspecified atom stereocenters. The standard InChI is InChI=1S/C12H11ClN2O/c13-11-4-2-1-3-9(11)8-15-10(7-14)5-6-12(15)16/h1-4,10H,5-6,8H2. The fourth-order valence-corrected chi connectivity index (χ4v) is 2.07. The highest BCUT2D eigenvalue weighted by atomic mass is 35.5. The van der Waals surface area contributed by atoms with Gasteiger partial charge in [-0.2, -0.15) is 5.26 Å². The lowest BCUT2D eigenvalue weighted by Crippen LogP contribution is -2.31. The number of benzene rings is 1. The summed E-state index contributed by atoms with van der Waals surface area (Å²) < 4.78 is 0. The van der Waals surface area contributed by atoms with Gasteiger partial charge in [0, 0.05) is 18.0 Å². The molecule has 0 N–H and O–H groups in total. The second-order valence-corrected chi connectivity index (χ2v) is 4.20. The van der Waals surface area contributed by atoms with Crippen LogP contribution >= 0.6 is 11.6 Å². The minimum absolute atomic E-state index is 0.0338. The molecule has 1 amide bonds. The van der Waals surface area contributed by atoms with Crippen molar-refractivity contribution in [3.8, 4) is 6.07 Å². The van der Waals surface area contributed by atoms with Gasteiger partial charge in [0.25, 0.3) is 0 Å². The van der Waals surface area contributed by atoms with Crippen molar-refractivity contribution in [2.24, 2.45) is 0 Å². The molecule has 1 saturated heterocycles. The molecule has 0 radical (unpaired) electrons. The molecule has 0 bridgehead atoms. The van der Waals surface area contributed by atoms with E-state index in [0.29, 0.717) is 24.4 Å². The number of carbonyl (C=O) groups is 1. The lowest BCUT2D eigenvalue weighted by atomic mass is 10.2. The second-order valence-electron chi connectivity index (χ2n) is 3.80. The van der Waals surface area contributed by atoms with Crippen LogP contribution in [0.15, 0.2) is 24.3 Å². The van der Waals surface area contributed by atoms with Crippen molar-refractivity contribution in [3.63, 3.8) is 0 Å². The Balaban J connectivity index is 2.18. The molecule has 4 heteroatoms. The molecule has 1 atom stereocenters. The van der Waals surface area contributed by atoms with E-state index in [0.717, 1.165) is 5.56 Å². The summed E-state index contributed by atoms with van der Waals surface area (Å²) in [7, 11) is 0. The summed E-state index contributed by atoms with van der Waals surface area (Å²) in [5.41, 5.74) is 0.889. The first-order chi connectivity index (χ1) is 7.72. The van der Waals surface area contributed by atoms with Gasteiger partial charge in [0.1, 0.15) is 6.04 Å². The van der Waals surface area contributed by atoms with Crippen LogP contribution in [0.4, 0.5) is 0 Å². The van der Waals surface area contributed by atoms with Crippen molar-refractivity contribution in [2.45, 2.75) is 25.4 Å². The molecule has 1 aromatic rings. The first-order valence-corrected chi connectivity index (χ1v) is 5.52. The molecule has 82 valence electrons. The van der Waals surface area contributed by atoms with Crippen LogP contribution in [0.25, 0.3) is 0 Å². The molecule has 16 heavy (non-hydrogen) atoms. The first-order valence-electron chi connectivity index (χ1n) is 5.15. The summed E-state index contributed by atoms with van der Waals surface area (Å²) in [5.74, 6) is 0.0338. The van der Waals surface area contributed by atoms with Crippen molar-refractivity contribution in [1.29, 1.82) is 5.26 Å². The Morgan fingerprint density at radius 1 is 1.50 bits per heavy atom. The van der Waals surface area contributed by atoms with Crippen LogP contribution < -0.4 is 0 Å². The van der Waals surface area contributed by atoms with Crippen LogP contribution in [0.1, 0.15) is 18.4 Å². The summed E-state index contributed by atoms with van der Waals surface area (Å²) in [4.78, 5) is 13.2. The number of rotatable bonds is 2. The lowest BCUT2D eigenvalue weighted by molar-refractivity contribution is -0.128. The fourth-order valence-electron chi connectivity index (χ4n) is 1.88. The number of halogens is 1. The average Bonchev–Trinajstić information content (AvgIpc) is 2.63. The van der Waals surface area contributed by atoms with Crippen LogP contribution in [0.5, 0.6) is 0 Å². The number of carbonyl (C=O) groups excluding carboxylic acids is 1. The van der Waals surface area contributed by atoms with Gasteiger partial charge in [0.2, 0.25) is 5.91 Å². The summed E-state index contributed by atoms with van der Waals surface area (Å²) in [6.45, 7) is 0.427. The van der Waals surface area contributed by atoms with Crippen molar-refractivity contribution < 1.29 is 4.79 Å². The van der Waals surface area contributed by atoms with Gasteiger partial charge in [0.15, 0.2) is 0 Å². The number of hydrogen-bond acceptors (Lipinski definition) is 2. The highest BCUT2D eigenvalue weighted by Gasteiger charge is 2.30. The summed E-state index contributed by atoms with van der Waals surface area (Å²) in [5, 5.41) is 9.56. The van der Waals surface area contributed by atoms with E-state index in [9.17, 15) is 4.79 Å². The largest absolute Gasteiger partial charge is 0.322 e. The maximum atomic E-state index is 11.6. The Bertz CT molecular complexity index is 453. The minimum Gasteiger partial charge on any atom is -0.322 e. The van der Waals surface area contributed by atoms with Gasteiger partial charge in [0.05, 0.1) is 6.07 Å². The molecule has 0 aromatic heterocycles. The highest BCUT2D eigenvalue weighted by molar-refractivity contribution is 6.31. The zero-order valence-electron chi connectivity index (χ0n) is 8.69. The zero-order valence-corrected chi connectivity index (χ0v) is 9.44. The first kappa shape index (κ1) is 11.0. The Hall–Kier alpha value is -1.53. The lowest BCUT2D eigenvalue weighted by Gasteiger charge is -2.20. The maximum absolute atomic E-state index is 11.6. The normalized spacial score (nSPS) is 19.9. The zero-order chi connectivity index (χ0) is 11.5. The number of amides is 1. The molecule has 0 saturated carbocycles. The summed E-state index contributed by atoms with van der Waals surface area (Å²) in [6, 6.07) is 9.24. The van der Waals surface area contributed by atoms with E-state index in [1.165, 1.54) is 0 Å². The molecule has 1 aliphatic heterocycles. The SMILES string of the molecule is N#CC1CCC(=O)N1Cc1ccccc1Cl. The topological polar surface area (TPSA) is 44.1 Å². The number of likely N-dealkylation sites (tertiary alicyclic amines) is 1. The maximum Gasteiger partial charge on any atom is 0.224 e. The van der Waals surface area contributed by atoms with E-state index < -0.39 is 0 Å². The number of hydrogen-bond donors (Lipinski definition) is 0. The molecule has 1 fully saturated rings. The van der Waals surface area contributed by atoms with Crippen LogP contribution in [-0.2, 0) is 11.3 Å². The van der Waals surface area contributed by atoms with Gasteiger partial charge in [-0.15, -0.1) is 0 Å². The van der Waals surface area contributed by atoms with E-state index in [1.54, 1.807) is 11.0 Å². The van der Waals surface area contributed by atoms with E-state index in [4.69, 9.17) is 16.9 Å². The molecule has 0 aliphatic carbocycles. The molecule has 0 spiro atoms. The molecule has 1 aliphatic rings. The summed E-state index contributed by atoms with van der Waals surface area (Å²) >= 11 is 6.02. The number of nitrogens with zero attached hydrogens (tertiary/aromatic N) is 2. The third kappa shape index (κ3) is 2.02. The highest BCUT2D eigenvalue weighted by Crippen LogP contribution is 2.24. The fraction of sp³-hybridized carbons (Fsp3) is 0.333. The third-order valence-electron chi connectivity index (χ3n) is 2.78. The van der Waals surface area contributed by atoms with Crippen molar-refractivity contribution >= 4 is 17.5 Å². The van der Waals surface area contributed by atoms with Crippen molar-refractivity contribution in [3.05, 3.63) is 34.9 Å². The van der Waals surface area contributed by atoms with E-state index in [2.05, 4.69) is 6.07 Å². The molecule has 1 heterocycles. The van der Waals surface area contributed by atoms with Gasteiger partial charge in [-0.05, 0) is 18.1 Å². The molecule has 2 rings (SSSR count). The van der Waals surface area contributed by atoms with E-state index in [1.807, 2.05) is 18.2 Å². The predicted octanol–water partition coefficient (Wildman–Crippen LogP) is 2.35. The Morgan fingerprint density at radius 2 is 2.25 bits per heavy atom. The van der Waals surface area contributed by atoms with Gasteiger partial charge in [-0.25, -0.2) is 0 Å². The van der Waals surface area contributed by atoms with Crippen LogP contribution in [0.2, 0.25) is 5.02 Å². The van der Waals surface area contributed by atoms with Crippen molar-refractivity contribution in [1.82, 2.24) is 4.90 Å². The quantitative estimate of drug-likeness (QED) is 0.789. The molecular formula is C12H11ClN2O. The minimum atomic E-state index is -0.302. The van der Waals surface area contributed by atoms with Crippen LogP contribution in [0, 0.1) is 11.3 Å². The Kier molecular flexibility index (Phi) is 3.12. The van der Waals surface area contributed by atoms with Crippen LogP contribution in [0.3, 0.4) is 0 Å². The van der Waals surface area contributed by atoms with Gasteiger partial charge in [-0.1, -0.05) is 29.8 Å². The third-order valence-corrected chi connectivity index (χ3v) is 3.14. The summed E-state index contributed by atoms with van der Waals surface area (Å²) in [6.07, 6.45) is 1.09. The monoisotopic (exact) mass is 234 g/mol. The molecule has 3 nitrogen and oxygen atoms in total. The average molecular weight is 235 g/mol.